The molecule has 0 spiro atoms. The maximum atomic E-state index is 12.0. The maximum absolute atomic E-state index is 12.0. The molecule has 2 aromatic carbocycles. The van der Waals surface area contributed by atoms with Gasteiger partial charge in [-0.1, -0.05) is 56.6 Å². The van der Waals surface area contributed by atoms with Gasteiger partial charge in [0.05, 0.1) is 6.04 Å². The average molecular weight is 346 g/mol. The number of amides is 1. The van der Waals surface area contributed by atoms with Crippen molar-refractivity contribution in [3.8, 4) is 5.75 Å². The zero-order valence-electron chi connectivity index (χ0n) is 14.6. The van der Waals surface area contributed by atoms with Crippen molar-refractivity contribution < 1.29 is 9.53 Å². The topological polar surface area (TPSA) is 38.3 Å². The summed E-state index contributed by atoms with van der Waals surface area (Å²) in [6.45, 7) is 8.49. The minimum Gasteiger partial charge on any atom is -0.484 e. The first-order valence-electron chi connectivity index (χ1n) is 8.04. The number of hydrogen-bond donors (Lipinski definition) is 1. The van der Waals surface area contributed by atoms with E-state index in [4.69, 9.17) is 16.3 Å². The summed E-state index contributed by atoms with van der Waals surface area (Å²) >= 11 is 5.82. The van der Waals surface area contributed by atoms with Crippen LogP contribution in [0.2, 0.25) is 5.02 Å². The van der Waals surface area contributed by atoms with E-state index in [9.17, 15) is 4.79 Å². The molecule has 1 N–H and O–H groups in total. The van der Waals surface area contributed by atoms with E-state index in [2.05, 4.69) is 50.4 Å². The Morgan fingerprint density at radius 3 is 2.21 bits per heavy atom. The minimum atomic E-state index is -0.155. The summed E-state index contributed by atoms with van der Waals surface area (Å²) in [6, 6.07) is 15.2. The first kappa shape index (κ1) is 18.3. The van der Waals surface area contributed by atoms with Gasteiger partial charge in [-0.05, 0) is 47.7 Å². The third kappa shape index (κ3) is 5.27. The smallest absolute Gasteiger partial charge is 0.258 e. The van der Waals surface area contributed by atoms with Crippen LogP contribution in [0.1, 0.15) is 44.9 Å². The monoisotopic (exact) mass is 345 g/mol. The second-order valence-electron chi connectivity index (χ2n) is 6.90. The summed E-state index contributed by atoms with van der Waals surface area (Å²) in [5.41, 5.74) is 2.47. The lowest BCUT2D eigenvalue weighted by atomic mass is 9.86. The standard InChI is InChI=1S/C20H24ClNO2/c1-14(15-5-7-16(8-6-15)20(2,3)4)22-19(23)13-24-18-11-9-17(21)10-12-18/h5-12,14H,13H2,1-4H3,(H,22,23)/t14-/m1/s1. The zero-order chi connectivity index (χ0) is 17.7. The van der Waals surface area contributed by atoms with E-state index in [1.807, 2.05) is 6.92 Å². The molecule has 0 heterocycles. The number of nitrogens with one attached hydrogen (secondary N) is 1. The van der Waals surface area contributed by atoms with Crippen LogP contribution in [-0.4, -0.2) is 12.5 Å². The van der Waals surface area contributed by atoms with E-state index in [1.54, 1.807) is 24.3 Å². The Hall–Kier alpha value is -2.00. The molecule has 24 heavy (non-hydrogen) atoms. The Morgan fingerprint density at radius 2 is 1.67 bits per heavy atom. The van der Waals surface area contributed by atoms with Gasteiger partial charge < -0.3 is 10.1 Å². The van der Waals surface area contributed by atoms with Crippen molar-refractivity contribution >= 4 is 17.5 Å². The van der Waals surface area contributed by atoms with E-state index in [1.165, 1.54) is 5.56 Å². The fourth-order valence-electron chi connectivity index (χ4n) is 2.32. The number of benzene rings is 2. The number of rotatable bonds is 5. The SMILES string of the molecule is C[C@@H](NC(=O)COc1ccc(Cl)cc1)c1ccc(C(C)(C)C)cc1. The van der Waals surface area contributed by atoms with Crippen LogP contribution in [0, 0.1) is 0 Å². The van der Waals surface area contributed by atoms with Crippen molar-refractivity contribution in [2.45, 2.75) is 39.2 Å². The summed E-state index contributed by atoms with van der Waals surface area (Å²) in [7, 11) is 0. The summed E-state index contributed by atoms with van der Waals surface area (Å²) in [6.07, 6.45) is 0. The lowest BCUT2D eigenvalue weighted by Crippen LogP contribution is -2.31. The molecule has 2 aromatic rings. The van der Waals surface area contributed by atoms with Gasteiger partial charge in [0.25, 0.3) is 5.91 Å². The highest BCUT2D eigenvalue weighted by molar-refractivity contribution is 6.30. The zero-order valence-corrected chi connectivity index (χ0v) is 15.4. The van der Waals surface area contributed by atoms with Crippen LogP contribution in [0.3, 0.4) is 0 Å². The summed E-state index contributed by atoms with van der Waals surface area (Å²) < 4.78 is 5.45. The number of ether oxygens (including phenoxy) is 1. The summed E-state index contributed by atoms with van der Waals surface area (Å²) in [4.78, 5) is 12.0. The predicted molar refractivity (Wildman–Crippen MR) is 98.6 cm³/mol. The number of carbonyl (C=O) groups excluding carboxylic acids is 1. The first-order chi connectivity index (χ1) is 11.3. The quantitative estimate of drug-likeness (QED) is 0.837. The Kier molecular flexibility index (Phi) is 5.89. The molecule has 0 saturated heterocycles. The largest absolute Gasteiger partial charge is 0.484 e. The Labute approximate surface area is 149 Å². The summed E-state index contributed by atoms with van der Waals surface area (Å²) in [5.74, 6) is 0.467. The number of hydrogen-bond acceptors (Lipinski definition) is 2. The molecule has 2 rings (SSSR count). The van der Waals surface area contributed by atoms with Gasteiger partial charge in [-0.15, -0.1) is 0 Å². The molecule has 4 heteroatoms. The van der Waals surface area contributed by atoms with Crippen molar-refractivity contribution in [2.75, 3.05) is 6.61 Å². The Balaban J connectivity index is 1.88. The van der Waals surface area contributed by atoms with Crippen LogP contribution in [-0.2, 0) is 10.2 Å². The molecule has 0 bridgehead atoms. The molecule has 0 fully saturated rings. The van der Waals surface area contributed by atoms with E-state index >= 15 is 0 Å². The molecule has 1 atom stereocenters. The van der Waals surface area contributed by atoms with Gasteiger partial charge in [0.2, 0.25) is 0 Å². The molecule has 0 aliphatic carbocycles. The minimum absolute atomic E-state index is 0.0218. The normalized spacial score (nSPS) is 12.5. The van der Waals surface area contributed by atoms with Crippen LogP contribution in [0.15, 0.2) is 48.5 Å². The highest BCUT2D eigenvalue weighted by Gasteiger charge is 2.15. The molecule has 0 unspecified atom stereocenters. The highest BCUT2D eigenvalue weighted by Crippen LogP contribution is 2.24. The lowest BCUT2D eigenvalue weighted by molar-refractivity contribution is -0.123. The lowest BCUT2D eigenvalue weighted by Gasteiger charge is -2.20. The van der Waals surface area contributed by atoms with Gasteiger partial charge in [0.15, 0.2) is 6.61 Å². The van der Waals surface area contributed by atoms with E-state index in [0.29, 0.717) is 10.8 Å². The molecule has 3 nitrogen and oxygen atoms in total. The Bertz CT molecular complexity index is 672. The molecule has 0 aromatic heterocycles. The van der Waals surface area contributed by atoms with Crippen molar-refractivity contribution in [1.82, 2.24) is 5.32 Å². The Morgan fingerprint density at radius 1 is 1.08 bits per heavy atom. The maximum Gasteiger partial charge on any atom is 0.258 e. The molecule has 0 aliphatic rings. The second-order valence-corrected chi connectivity index (χ2v) is 7.34. The number of halogens is 1. The van der Waals surface area contributed by atoms with Crippen molar-refractivity contribution in [1.29, 1.82) is 0 Å². The first-order valence-corrected chi connectivity index (χ1v) is 8.41. The van der Waals surface area contributed by atoms with Gasteiger partial charge in [0, 0.05) is 5.02 Å². The van der Waals surface area contributed by atoms with Crippen LogP contribution < -0.4 is 10.1 Å². The predicted octanol–water partition coefficient (Wildman–Crippen LogP) is 4.89. The van der Waals surface area contributed by atoms with Crippen LogP contribution in [0.25, 0.3) is 0 Å². The fraction of sp³-hybridized carbons (Fsp3) is 0.350. The third-order valence-electron chi connectivity index (χ3n) is 3.84. The molecule has 0 saturated carbocycles. The number of carbonyl (C=O) groups is 1. The molecule has 128 valence electrons. The fourth-order valence-corrected chi connectivity index (χ4v) is 2.44. The molecule has 1 amide bonds. The van der Waals surface area contributed by atoms with Gasteiger partial charge in [0.1, 0.15) is 5.75 Å². The molecular weight excluding hydrogens is 322 g/mol. The molecule has 0 radical (unpaired) electrons. The summed E-state index contributed by atoms with van der Waals surface area (Å²) in [5, 5.41) is 3.58. The van der Waals surface area contributed by atoms with Gasteiger partial charge in [-0.3, -0.25) is 4.79 Å². The van der Waals surface area contributed by atoms with Gasteiger partial charge in [-0.25, -0.2) is 0 Å². The van der Waals surface area contributed by atoms with Crippen molar-refractivity contribution in [3.63, 3.8) is 0 Å². The van der Waals surface area contributed by atoms with E-state index in [-0.39, 0.29) is 24.0 Å². The van der Waals surface area contributed by atoms with Crippen molar-refractivity contribution in [3.05, 3.63) is 64.7 Å². The molecule has 0 aliphatic heterocycles. The second kappa shape index (κ2) is 7.71. The van der Waals surface area contributed by atoms with E-state index in [0.717, 1.165) is 5.56 Å². The van der Waals surface area contributed by atoms with Crippen LogP contribution >= 0.6 is 11.6 Å². The third-order valence-corrected chi connectivity index (χ3v) is 4.09. The average Bonchev–Trinajstić information content (AvgIpc) is 2.53. The van der Waals surface area contributed by atoms with Crippen LogP contribution in [0.5, 0.6) is 5.75 Å². The van der Waals surface area contributed by atoms with Crippen molar-refractivity contribution in [2.24, 2.45) is 0 Å². The highest BCUT2D eigenvalue weighted by atomic mass is 35.5. The van der Waals surface area contributed by atoms with Gasteiger partial charge in [-0.2, -0.15) is 0 Å². The van der Waals surface area contributed by atoms with Gasteiger partial charge >= 0.3 is 0 Å². The van der Waals surface area contributed by atoms with Crippen LogP contribution in [0.4, 0.5) is 0 Å². The molecular formula is C20H24ClNO2. The van der Waals surface area contributed by atoms with E-state index < -0.39 is 0 Å².